The molecule has 0 saturated heterocycles. The van der Waals surface area contributed by atoms with Crippen LogP contribution in [-0.2, 0) is 19.1 Å². The Kier molecular flexibility index (Phi) is 7.47. The zero-order valence-electron chi connectivity index (χ0n) is 12.1. The van der Waals surface area contributed by atoms with Crippen LogP contribution >= 0.6 is 22.9 Å². The summed E-state index contributed by atoms with van der Waals surface area (Å²) in [6.45, 7) is 3.90. The van der Waals surface area contributed by atoms with Crippen LogP contribution in [-0.4, -0.2) is 32.0 Å². The van der Waals surface area contributed by atoms with Gasteiger partial charge >= 0.3 is 11.9 Å². The maximum atomic E-state index is 11.8. The minimum absolute atomic E-state index is 0.0144. The van der Waals surface area contributed by atoms with E-state index < -0.39 is 17.9 Å². The molecule has 0 saturated carbocycles. The van der Waals surface area contributed by atoms with Gasteiger partial charge in [0.1, 0.15) is 0 Å². The number of carbonyl (C=O) groups excluding carboxylic acids is 2. The summed E-state index contributed by atoms with van der Waals surface area (Å²) >= 11 is 7.37. The molecule has 1 aromatic heterocycles. The summed E-state index contributed by atoms with van der Waals surface area (Å²) < 4.78 is 9.40. The van der Waals surface area contributed by atoms with Crippen molar-refractivity contribution < 1.29 is 19.1 Å². The molecule has 0 aliphatic heterocycles. The van der Waals surface area contributed by atoms with Gasteiger partial charge in [0, 0.05) is 10.8 Å². The number of alkyl halides is 1. The first-order valence-electron chi connectivity index (χ1n) is 6.45. The Bertz CT molecular complexity index is 468. The first kappa shape index (κ1) is 17.7. The fourth-order valence-corrected chi connectivity index (χ4v) is 3.04. The average molecular weight is 331 g/mol. The van der Waals surface area contributed by atoms with Crippen LogP contribution in [0, 0.1) is 5.92 Å². The van der Waals surface area contributed by atoms with Crippen molar-refractivity contribution >= 4 is 34.9 Å². The molecule has 116 valence electrons. The van der Waals surface area contributed by atoms with Crippen molar-refractivity contribution in [3.05, 3.63) is 34.5 Å². The smallest absolute Gasteiger partial charge is 0.320 e. The third-order valence-corrected chi connectivity index (χ3v) is 4.57. The molecule has 1 atom stereocenters. The maximum absolute atomic E-state index is 11.8. The monoisotopic (exact) mass is 330 g/mol. The van der Waals surface area contributed by atoms with Gasteiger partial charge in [-0.3, -0.25) is 9.59 Å². The van der Waals surface area contributed by atoms with E-state index in [9.17, 15) is 9.59 Å². The van der Waals surface area contributed by atoms with Gasteiger partial charge < -0.3 is 9.47 Å². The number of rotatable bonds is 8. The van der Waals surface area contributed by atoms with Crippen LogP contribution in [0.25, 0.3) is 0 Å². The highest BCUT2D eigenvalue weighted by molar-refractivity contribution is 7.10. The van der Waals surface area contributed by atoms with E-state index in [0.717, 1.165) is 10.5 Å². The van der Waals surface area contributed by atoms with Crippen molar-refractivity contribution in [2.45, 2.75) is 18.8 Å². The highest BCUT2D eigenvalue weighted by atomic mass is 35.5. The summed E-state index contributed by atoms with van der Waals surface area (Å²) in [4.78, 5) is 24.7. The van der Waals surface area contributed by atoms with E-state index in [1.165, 1.54) is 14.2 Å². The molecule has 0 aliphatic carbocycles. The van der Waals surface area contributed by atoms with E-state index in [0.29, 0.717) is 18.7 Å². The van der Waals surface area contributed by atoms with E-state index in [2.05, 4.69) is 6.58 Å². The summed E-state index contributed by atoms with van der Waals surface area (Å²) in [5, 5.41) is 1.96. The largest absolute Gasteiger partial charge is 0.468 e. The van der Waals surface area contributed by atoms with Gasteiger partial charge in [0.05, 0.1) is 14.2 Å². The van der Waals surface area contributed by atoms with Gasteiger partial charge in [0.2, 0.25) is 0 Å². The number of allylic oxidation sites excluding steroid dienone is 1. The quantitative estimate of drug-likeness (QED) is 0.317. The van der Waals surface area contributed by atoms with Gasteiger partial charge in [-0.2, -0.15) is 0 Å². The van der Waals surface area contributed by atoms with Gasteiger partial charge in [-0.25, -0.2) is 0 Å². The lowest BCUT2D eigenvalue weighted by molar-refractivity contribution is -0.159. The lowest BCUT2D eigenvalue weighted by Gasteiger charge is -2.20. The molecule has 0 amide bonds. The van der Waals surface area contributed by atoms with Crippen LogP contribution in [0.15, 0.2) is 29.7 Å². The third kappa shape index (κ3) is 5.17. The number of halogens is 1. The molecule has 0 fully saturated rings. The third-order valence-electron chi connectivity index (χ3n) is 3.16. The Morgan fingerprint density at radius 2 is 1.95 bits per heavy atom. The predicted octanol–water partition coefficient (Wildman–Crippen LogP) is 3.37. The zero-order valence-corrected chi connectivity index (χ0v) is 13.7. The van der Waals surface area contributed by atoms with Crippen molar-refractivity contribution in [2.75, 3.05) is 20.1 Å². The number of thiophene rings is 1. The molecule has 0 aliphatic rings. The average Bonchev–Trinajstić information content (AvgIpc) is 3.03. The summed E-state index contributed by atoms with van der Waals surface area (Å²) in [7, 11) is 2.52. The molecule has 4 nitrogen and oxygen atoms in total. The van der Waals surface area contributed by atoms with Gasteiger partial charge in [0.25, 0.3) is 0 Å². The minimum Gasteiger partial charge on any atom is -0.468 e. The highest BCUT2D eigenvalue weighted by Crippen LogP contribution is 2.33. The van der Waals surface area contributed by atoms with Crippen LogP contribution in [0.3, 0.4) is 0 Å². The Labute approximate surface area is 133 Å². The van der Waals surface area contributed by atoms with E-state index in [4.69, 9.17) is 21.1 Å². The lowest BCUT2D eigenvalue weighted by Crippen LogP contribution is -2.28. The molecular formula is C15H19ClO4S. The van der Waals surface area contributed by atoms with Crippen LogP contribution in [0.5, 0.6) is 0 Å². The second-order valence-corrected chi connectivity index (χ2v) is 5.88. The van der Waals surface area contributed by atoms with Crippen molar-refractivity contribution in [3.8, 4) is 0 Å². The number of hydrogen-bond acceptors (Lipinski definition) is 5. The number of hydrogen-bond donors (Lipinski definition) is 0. The van der Waals surface area contributed by atoms with Gasteiger partial charge in [0.15, 0.2) is 5.92 Å². The van der Waals surface area contributed by atoms with Gasteiger partial charge in [-0.1, -0.05) is 18.2 Å². The second kappa shape index (κ2) is 8.85. The van der Waals surface area contributed by atoms with E-state index >= 15 is 0 Å². The number of carbonyl (C=O) groups is 2. The van der Waals surface area contributed by atoms with E-state index in [1.807, 2.05) is 17.5 Å². The van der Waals surface area contributed by atoms with Gasteiger partial charge in [-0.05, 0) is 30.2 Å². The molecule has 1 heterocycles. The summed E-state index contributed by atoms with van der Waals surface area (Å²) in [6, 6.07) is 3.91. The topological polar surface area (TPSA) is 52.6 Å². The first-order chi connectivity index (χ1) is 10.0. The number of ether oxygens (including phenoxy) is 2. The highest BCUT2D eigenvalue weighted by Gasteiger charge is 2.32. The molecule has 1 aromatic rings. The molecule has 1 rings (SSSR count). The summed E-state index contributed by atoms with van der Waals surface area (Å²) in [5.41, 5.74) is 0.864. The van der Waals surface area contributed by atoms with E-state index in [-0.39, 0.29) is 5.92 Å². The lowest BCUT2D eigenvalue weighted by atomic mass is 9.88. The molecule has 0 radical (unpaired) electrons. The minimum atomic E-state index is -0.935. The number of esters is 2. The van der Waals surface area contributed by atoms with E-state index in [1.54, 1.807) is 11.3 Å². The van der Waals surface area contributed by atoms with Crippen molar-refractivity contribution in [1.29, 1.82) is 0 Å². The molecule has 0 bridgehead atoms. The summed E-state index contributed by atoms with van der Waals surface area (Å²) in [5.74, 6) is -1.77. The second-order valence-electron chi connectivity index (χ2n) is 4.63. The first-order valence-corrected chi connectivity index (χ1v) is 7.86. The van der Waals surface area contributed by atoms with Crippen LogP contribution in [0.4, 0.5) is 0 Å². The van der Waals surface area contributed by atoms with Crippen LogP contribution in [0.1, 0.15) is 23.6 Å². The molecule has 6 heteroatoms. The Morgan fingerprint density at radius 3 is 2.38 bits per heavy atom. The standard InChI is InChI=1S/C15H19ClO4S/c1-10(9-16)7-11(13-5-4-6-21-13)8-12(14(17)19-2)15(18)20-3/h4-6,11-12H,1,7-9H2,2-3H3. The molecular weight excluding hydrogens is 312 g/mol. The Balaban J connectivity index is 2.94. The van der Waals surface area contributed by atoms with Gasteiger partial charge in [-0.15, -0.1) is 22.9 Å². The predicted molar refractivity (Wildman–Crippen MR) is 83.7 cm³/mol. The fraction of sp³-hybridized carbons (Fsp3) is 0.467. The van der Waals surface area contributed by atoms with Crippen molar-refractivity contribution in [2.24, 2.45) is 5.92 Å². The number of methoxy groups -OCH3 is 2. The zero-order chi connectivity index (χ0) is 15.8. The maximum Gasteiger partial charge on any atom is 0.320 e. The molecule has 0 N–H and O–H groups in total. The van der Waals surface area contributed by atoms with Crippen molar-refractivity contribution in [3.63, 3.8) is 0 Å². The molecule has 1 unspecified atom stereocenters. The molecule has 0 aromatic carbocycles. The Morgan fingerprint density at radius 1 is 1.33 bits per heavy atom. The molecule has 21 heavy (non-hydrogen) atoms. The molecule has 0 spiro atoms. The van der Waals surface area contributed by atoms with Crippen LogP contribution < -0.4 is 0 Å². The normalized spacial score (nSPS) is 12.0. The van der Waals surface area contributed by atoms with Crippen molar-refractivity contribution in [1.82, 2.24) is 0 Å². The fourth-order valence-electron chi connectivity index (χ4n) is 2.08. The Hall–Kier alpha value is -1.33. The SMILES string of the molecule is C=C(CCl)CC(CC(C(=O)OC)C(=O)OC)c1cccs1. The summed E-state index contributed by atoms with van der Waals surface area (Å²) in [6.07, 6.45) is 0.935. The van der Waals surface area contributed by atoms with Crippen LogP contribution in [0.2, 0.25) is 0 Å².